The van der Waals surface area contributed by atoms with Crippen molar-refractivity contribution in [1.29, 1.82) is 0 Å². The van der Waals surface area contributed by atoms with E-state index in [1.54, 1.807) is 0 Å². The Kier molecular flexibility index (Phi) is 9.26. The highest BCUT2D eigenvalue weighted by atomic mass is 16.6. The summed E-state index contributed by atoms with van der Waals surface area (Å²) in [5, 5.41) is 0. The minimum absolute atomic E-state index is 0.468. The predicted molar refractivity (Wildman–Crippen MR) is 247 cm³/mol. The van der Waals surface area contributed by atoms with Crippen LogP contribution in [0.1, 0.15) is 37.5 Å². The van der Waals surface area contributed by atoms with Crippen molar-refractivity contribution in [2.45, 2.75) is 26.2 Å². The number of allylic oxidation sites excluding steroid dienone is 5. The first-order valence-corrected chi connectivity index (χ1v) is 20.4. The van der Waals surface area contributed by atoms with E-state index in [4.69, 9.17) is 30.2 Å². The highest BCUT2D eigenvalue weighted by Gasteiger charge is 2.47. The summed E-state index contributed by atoms with van der Waals surface area (Å²) in [6, 6.07) is 55.4. The molecule has 7 aromatic carbocycles. The van der Waals surface area contributed by atoms with Gasteiger partial charge in [-0.05, 0) is 102 Å². The van der Waals surface area contributed by atoms with Crippen LogP contribution in [0.3, 0.4) is 0 Å². The van der Waals surface area contributed by atoms with Gasteiger partial charge in [0.05, 0.1) is 5.41 Å². The molecule has 1 aliphatic carbocycles. The van der Waals surface area contributed by atoms with Crippen molar-refractivity contribution in [3.8, 4) is 79.4 Å². The number of aromatic nitrogens is 3. The summed E-state index contributed by atoms with van der Waals surface area (Å²) >= 11 is 0. The number of rotatable bonds is 8. The maximum atomic E-state index is 6.92. The SMILES string of the molecule is C=C/C=C(\C)C1(c2ccccc2)C(C)=C(C)c2c1ccc1c2Oc2cc(-c3cccc(-c4nc(-c5ccccc5)nc(-c5cccc(-c6cccc(N)c6)c5)n4)c3)ccc2O1. The molecule has 1 aliphatic heterocycles. The molecule has 0 radical (unpaired) electrons. The molecule has 0 spiro atoms. The minimum Gasteiger partial charge on any atom is -0.449 e. The van der Waals surface area contributed by atoms with Gasteiger partial charge in [-0.3, -0.25) is 0 Å². The third-order valence-corrected chi connectivity index (χ3v) is 12.0. The molecule has 1 aromatic heterocycles. The second-order valence-corrected chi connectivity index (χ2v) is 15.6. The molecule has 8 aromatic rings. The Hall–Kier alpha value is -7.83. The quantitative estimate of drug-likeness (QED) is 0.122. The molecular formula is C55H42N4O2. The molecular weight excluding hydrogens is 749 g/mol. The Morgan fingerprint density at radius 1 is 0.541 bits per heavy atom. The molecule has 2 N–H and O–H groups in total. The fourth-order valence-electron chi connectivity index (χ4n) is 9.02. The second kappa shape index (κ2) is 15.1. The average molecular weight is 791 g/mol. The fraction of sp³-hybridized carbons (Fsp3) is 0.0727. The maximum Gasteiger partial charge on any atom is 0.177 e. The van der Waals surface area contributed by atoms with Gasteiger partial charge in [0.1, 0.15) is 0 Å². The Morgan fingerprint density at radius 2 is 1.08 bits per heavy atom. The number of nitrogen functional groups attached to an aromatic ring is 1. The minimum atomic E-state index is -0.468. The number of ether oxygens (including phenoxy) is 2. The van der Waals surface area contributed by atoms with E-state index in [9.17, 15) is 0 Å². The van der Waals surface area contributed by atoms with E-state index in [-0.39, 0.29) is 0 Å². The van der Waals surface area contributed by atoms with Crippen LogP contribution in [0.15, 0.2) is 194 Å². The fourth-order valence-corrected chi connectivity index (χ4v) is 9.02. The van der Waals surface area contributed by atoms with Crippen LogP contribution in [0.5, 0.6) is 23.0 Å². The van der Waals surface area contributed by atoms with Gasteiger partial charge < -0.3 is 15.2 Å². The normalized spacial score (nSPS) is 15.3. The maximum absolute atomic E-state index is 6.92. The number of hydrogen-bond donors (Lipinski definition) is 1. The second-order valence-electron chi connectivity index (χ2n) is 15.6. The highest BCUT2D eigenvalue weighted by Crippen LogP contribution is 2.60. The van der Waals surface area contributed by atoms with Crippen molar-refractivity contribution in [3.63, 3.8) is 0 Å². The molecule has 0 saturated heterocycles. The molecule has 294 valence electrons. The number of benzene rings is 7. The third kappa shape index (κ3) is 6.41. The third-order valence-electron chi connectivity index (χ3n) is 12.0. The van der Waals surface area contributed by atoms with Gasteiger partial charge in [0, 0.05) is 27.9 Å². The van der Waals surface area contributed by atoms with Crippen LogP contribution in [0.25, 0.3) is 62.0 Å². The summed E-state index contributed by atoms with van der Waals surface area (Å²) in [6.07, 6.45) is 3.99. The number of nitrogens with two attached hydrogens (primary N) is 1. The van der Waals surface area contributed by atoms with Gasteiger partial charge in [-0.1, -0.05) is 151 Å². The lowest BCUT2D eigenvalue weighted by Gasteiger charge is -2.35. The first-order chi connectivity index (χ1) is 29.8. The molecule has 6 nitrogen and oxygen atoms in total. The monoisotopic (exact) mass is 790 g/mol. The van der Waals surface area contributed by atoms with E-state index in [1.165, 1.54) is 27.8 Å². The number of fused-ring (bicyclic) bond motifs is 4. The molecule has 6 heteroatoms. The first kappa shape index (κ1) is 37.4. The van der Waals surface area contributed by atoms with Gasteiger partial charge in [0.2, 0.25) is 0 Å². The van der Waals surface area contributed by atoms with Crippen LogP contribution in [-0.2, 0) is 5.41 Å². The zero-order valence-electron chi connectivity index (χ0n) is 34.2. The molecule has 0 saturated carbocycles. The number of anilines is 1. The summed E-state index contributed by atoms with van der Waals surface area (Å²) in [4.78, 5) is 15.1. The zero-order chi connectivity index (χ0) is 41.7. The summed E-state index contributed by atoms with van der Waals surface area (Å²) in [6.45, 7) is 10.7. The van der Waals surface area contributed by atoms with E-state index in [0.29, 0.717) is 40.4 Å². The molecule has 61 heavy (non-hydrogen) atoms. The lowest BCUT2D eigenvalue weighted by Crippen LogP contribution is -2.29. The lowest BCUT2D eigenvalue weighted by molar-refractivity contribution is 0.358. The Morgan fingerprint density at radius 3 is 1.72 bits per heavy atom. The van der Waals surface area contributed by atoms with Crippen LogP contribution in [0.2, 0.25) is 0 Å². The Labute approximate surface area is 356 Å². The standard InChI is InChI=1S/C55H42N4O2/c1-5-15-34(2)55(44-23-10-7-11-24-44)36(4)35(3)50-46(55)27-29-48-51(50)61-49-33-41(26-28-47(49)60-48)39-19-13-22-43(31-39)54-58-52(37-16-8-6-9-17-37)57-53(59-54)42-21-12-18-38(30-42)40-20-14-25-45(56)32-40/h5-33H,1,56H2,2-4H3/b34-15+. The van der Waals surface area contributed by atoms with Crippen LogP contribution in [0, 0.1) is 0 Å². The topological polar surface area (TPSA) is 83.2 Å². The van der Waals surface area contributed by atoms with E-state index in [2.05, 4.69) is 112 Å². The molecule has 0 bridgehead atoms. The van der Waals surface area contributed by atoms with Crippen LogP contribution in [-0.4, -0.2) is 15.0 Å². The molecule has 1 atom stereocenters. The zero-order valence-corrected chi connectivity index (χ0v) is 34.2. The highest BCUT2D eigenvalue weighted by molar-refractivity contribution is 5.89. The molecule has 10 rings (SSSR count). The van der Waals surface area contributed by atoms with E-state index in [1.807, 2.05) is 91.0 Å². The molecule has 1 unspecified atom stereocenters. The van der Waals surface area contributed by atoms with Gasteiger partial charge >= 0.3 is 0 Å². The number of nitrogens with zero attached hydrogens (tertiary/aromatic N) is 3. The van der Waals surface area contributed by atoms with Crippen LogP contribution < -0.4 is 15.2 Å². The van der Waals surface area contributed by atoms with Gasteiger partial charge in [-0.15, -0.1) is 0 Å². The molecule has 0 amide bonds. The smallest absolute Gasteiger partial charge is 0.177 e. The largest absolute Gasteiger partial charge is 0.449 e. The van der Waals surface area contributed by atoms with Gasteiger partial charge in [-0.25, -0.2) is 15.0 Å². The molecule has 2 aliphatic rings. The average Bonchev–Trinajstić information content (AvgIpc) is 3.54. The number of hydrogen-bond acceptors (Lipinski definition) is 6. The van der Waals surface area contributed by atoms with Gasteiger partial charge in [0.25, 0.3) is 0 Å². The van der Waals surface area contributed by atoms with Crippen molar-refractivity contribution in [3.05, 3.63) is 210 Å². The van der Waals surface area contributed by atoms with Crippen molar-refractivity contribution >= 4 is 11.3 Å². The van der Waals surface area contributed by atoms with Crippen molar-refractivity contribution < 1.29 is 9.47 Å². The Bertz CT molecular complexity index is 3100. The van der Waals surface area contributed by atoms with Gasteiger partial charge in [0.15, 0.2) is 40.5 Å². The summed E-state index contributed by atoms with van der Waals surface area (Å²) in [5.74, 6) is 4.48. The molecule has 0 fully saturated rings. The van der Waals surface area contributed by atoms with Crippen LogP contribution in [0.4, 0.5) is 5.69 Å². The van der Waals surface area contributed by atoms with Crippen molar-refractivity contribution in [2.75, 3.05) is 5.73 Å². The Balaban J connectivity index is 1.03. The lowest BCUT2D eigenvalue weighted by atomic mass is 9.67. The van der Waals surface area contributed by atoms with Crippen molar-refractivity contribution in [2.24, 2.45) is 0 Å². The van der Waals surface area contributed by atoms with Crippen molar-refractivity contribution in [1.82, 2.24) is 15.0 Å². The van der Waals surface area contributed by atoms with E-state index in [0.717, 1.165) is 50.3 Å². The summed E-state index contributed by atoms with van der Waals surface area (Å²) in [7, 11) is 0. The van der Waals surface area contributed by atoms with E-state index >= 15 is 0 Å². The summed E-state index contributed by atoms with van der Waals surface area (Å²) in [5.41, 5.74) is 20.1. The van der Waals surface area contributed by atoms with E-state index < -0.39 is 5.41 Å². The first-order valence-electron chi connectivity index (χ1n) is 20.4. The molecule has 2 heterocycles. The predicted octanol–water partition coefficient (Wildman–Crippen LogP) is 13.9. The summed E-state index contributed by atoms with van der Waals surface area (Å²) < 4.78 is 13.5. The van der Waals surface area contributed by atoms with Crippen LogP contribution >= 0.6 is 0 Å². The van der Waals surface area contributed by atoms with Gasteiger partial charge in [-0.2, -0.15) is 0 Å².